The number of thioether (sulfide) groups is 1. The largest absolute Gasteiger partial charge is 0.507 e. The zero-order valence-corrected chi connectivity index (χ0v) is 19.7. The highest BCUT2D eigenvalue weighted by Gasteiger charge is 2.28. The van der Waals surface area contributed by atoms with Gasteiger partial charge in [-0.1, -0.05) is 55.4 Å². The van der Waals surface area contributed by atoms with E-state index in [0.29, 0.717) is 11.7 Å². The van der Waals surface area contributed by atoms with E-state index in [1.54, 1.807) is 11.8 Å². The molecule has 1 amide bonds. The number of rotatable bonds is 4. The van der Waals surface area contributed by atoms with Crippen LogP contribution in [-0.2, 0) is 15.6 Å². The summed E-state index contributed by atoms with van der Waals surface area (Å²) in [6.07, 6.45) is 3.05. The predicted octanol–water partition coefficient (Wildman–Crippen LogP) is 5.95. The Morgan fingerprint density at radius 3 is 2.11 bits per heavy atom. The number of carbonyl (C=O) groups excluding carboxylic acids is 1. The van der Waals surface area contributed by atoms with Gasteiger partial charge in [-0.2, -0.15) is 0 Å². The first-order chi connectivity index (χ1) is 12.8. The molecule has 0 aliphatic carbocycles. The van der Waals surface area contributed by atoms with Crippen molar-refractivity contribution in [3.8, 4) is 5.75 Å². The molecule has 1 N–H and O–H groups in total. The number of hydrogen-bond acceptors (Lipinski definition) is 3. The quantitative estimate of drug-likeness (QED) is 0.632. The van der Waals surface area contributed by atoms with E-state index >= 15 is 0 Å². The number of carbonyl (C=O) groups is 1. The van der Waals surface area contributed by atoms with Crippen LogP contribution < -0.4 is 0 Å². The molecule has 2 rings (SSSR count). The fourth-order valence-electron chi connectivity index (χ4n) is 3.35. The number of aromatic hydroxyl groups is 1. The van der Waals surface area contributed by atoms with E-state index in [2.05, 4.69) is 55.4 Å². The lowest BCUT2D eigenvalue weighted by Gasteiger charge is -2.29. The Hall–Kier alpha value is -1.42. The number of hydrogen-bond donors (Lipinski definition) is 1. The van der Waals surface area contributed by atoms with Crippen LogP contribution in [0.25, 0.3) is 6.08 Å². The summed E-state index contributed by atoms with van der Waals surface area (Å²) in [7, 11) is 0. The second-order valence-electron chi connectivity index (χ2n) is 10.3. The fourth-order valence-corrected chi connectivity index (χ4v) is 4.35. The molecular formula is C24H37NO2S. The highest BCUT2D eigenvalue weighted by Crippen LogP contribution is 2.40. The van der Waals surface area contributed by atoms with Crippen molar-refractivity contribution in [3.63, 3.8) is 0 Å². The summed E-state index contributed by atoms with van der Waals surface area (Å²) >= 11 is 1.64. The molecule has 0 spiro atoms. The molecule has 0 radical (unpaired) electrons. The maximum atomic E-state index is 13.0. The van der Waals surface area contributed by atoms with Crippen molar-refractivity contribution in [2.75, 3.05) is 18.8 Å². The van der Waals surface area contributed by atoms with Gasteiger partial charge in [0, 0.05) is 30.0 Å². The molecular weight excluding hydrogens is 366 g/mol. The molecule has 0 bridgehead atoms. The van der Waals surface area contributed by atoms with Crippen LogP contribution in [0.5, 0.6) is 5.75 Å². The average molecular weight is 404 g/mol. The smallest absolute Gasteiger partial charge is 0.260 e. The number of phenolic OH excluding ortho intramolecular Hbond substituents is 1. The maximum absolute atomic E-state index is 13.0. The van der Waals surface area contributed by atoms with Gasteiger partial charge in [0.15, 0.2) is 0 Å². The van der Waals surface area contributed by atoms with Gasteiger partial charge in [0.05, 0.1) is 4.91 Å². The molecule has 0 saturated carbocycles. The van der Waals surface area contributed by atoms with Crippen molar-refractivity contribution in [1.82, 2.24) is 4.90 Å². The van der Waals surface area contributed by atoms with Crippen molar-refractivity contribution >= 4 is 23.7 Å². The number of phenols is 1. The van der Waals surface area contributed by atoms with Crippen LogP contribution in [0, 0.1) is 5.92 Å². The van der Waals surface area contributed by atoms with Crippen molar-refractivity contribution in [1.29, 1.82) is 0 Å². The summed E-state index contributed by atoms with van der Waals surface area (Å²) in [6, 6.07) is 4.08. The van der Waals surface area contributed by atoms with E-state index in [1.165, 1.54) is 0 Å². The third kappa shape index (κ3) is 5.56. The maximum Gasteiger partial charge on any atom is 0.260 e. The minimum Gasteiger partial charge on any atom is -0.507 e. The summed E-state index contributed by atoms with van der Waals surface area (Å²) in [5.74, 6) is 2.05. The van der Waals surface area contributed by atoms with Crippen LogP contribution in [-0.4, -0.2) is 34.8 Å². The van der Waals surface area contributed by atoms with Crippen molar-refractivity contribution < 1.29 is 9.90 Å². The highest BCUT2D eigenvalue weighted by molar-refractivity contribution is 8.04. The molecule has 0 aromatic heterocycles. The molecule has 3 nitrogen and oxygen atoms in total. The Labute approximate surface area is 175 Å². The van der Waals surface area contributed by atoms with Gasteiger partial charge in [0.25, 0.3) is 5.91 Å². The van der Waals surface area contributed by atoms with Crippen molar-refractivity contribution in [3.05, 3.63) is 33.7 Å². The van der Waals surface area contributed by atoms with Crippen LogP contribution in [0.1, 0.15) is 78.5 Å². The molecule has 0 unspecified atom stereocenters. The van der Waals surface area contributed by atoms with Crippen LogP contribution in [0.4, 0.5) is 0 Å². The van der Waals surface area contributed by atoms with E-state index in [0.717, 1.165) is 46.9 Å². The van der Waals surface area contributed by atoms with Crippen molar-refractivity contribution in [2.45, 2.75) is 72.6 Å². The minimum absolute atomic E-state index is 0.139. The summed E-state index contributed by atoms with van der Waals surface area (Å²) < 4.78 is 0. The van der Waals surface area contributed by atoms with E-state index in [4.69, 9.17) is 0 Å². The normalized spacial score (nSPS) is 17.7. The van der Waals surface area contributed by atoms with Gasteiger partial charge < -0.3 is 10.0 Å². The van der Waals surface area contributed by atoms with Gasteiger partial charge in [-0.3, -0.25) is 4.79 Å². The zero-order valence-electron chi connectivity index (χ0n) is 18.8. The second-order valence-corrected chi connectivity index (χ2v) is 11.4. The molecule has 0 atom stereocenters. The van der Waals surface area contributed by atoms with Crippen LogP contribution in [0.15, 0.2) is 17.0 Å². The van der Waals surface area contributed by atoms with Gasteiger partial charge in [0.2, 0.25) is 0 Å². The molecule has 1 aromatic rings. The number of benzene rings is 1. The molecule has 1 aromatic carbocycles. The fraction of sp³-hybridized carbons (Fsp3) is 0.625. The summed E-state index contributed by atoms with van der Waals surface area (Å²) in [5, 5.41) is 10.9. The summed E-state index contributed by atoms with van der Waals surface area (Å²) in [4.78, 5) is 15.8. The minimum atomic E-state index is -0.175. The standard InChI is InChI=1S/C24H37NO2S/c1-16(2)9-10-25-11-12-28-20(22(25)27)15-17-13-18(23(3,4)5)21(26)19(14-17)24(6,7)8/h13-16,26H,9-12H2,1-8H3/b20-15+. The monoisotopic (exact) mass is 403 g/mol. The first-order valence-electron chi connectivity index (χ1n) is 10.3. The Morgan fingerprint density at radius 2 is 1.64 bits per heavy atom. The number of nitrogens with zero attached hydrogens (tertiary/aromatic N) is 1. The SMILES string of the molecule is CC(C)CCN1CCS/C(=C/c2cc(C(C)(C)C)c(O)c(C(C)(C)C)c2)C1=O. The Balaban J connectivity index is 2.45. The first-order valence-corrected chi connectivity index (χ1v) is 11.3. The summed E-state index contributed by atoms with van der Waals surface area (Å²) in [6.45, 7) is 18.7. The predicted molar refractivity (Wildman–Crippen MR) is 122 cm³/mol. The molecule has 1 heterocycles. The van der Waals surface area contributed by atoms with Gasteiger partial charge in [0.1, 0.15) is 5.75 Å². The third-order valence-electron chi connectivity index (χ3n) is 5.14. The van der Waals surface area contributed by atoms with E-state index in [1.807, 2.05) is 23.1 Å². The molecule has 1 saturated heterocycles. The molecule has 1 aliphatic rings. The second kappa shape index (κ2) is 8.52. The summed E-state index contributed by atoms with van der Waals surface area (Å²) in [5.41, 5.74) is 2.50. The van der Waals surface area contributed by atoms with Gasteiger partial charge in [-0.05, 0) is 46.9 Å². The van der Waals surface area contributed by atoms with Crippen LogP contribution >= 0.6 is 11.8 Å². The lowest BCUT2D eigenvalue weighted by atomic mass is 9.78. The average Bonchev–Trinajstić information content (AvgIpc) is 2.54. The van der Waals surface area contributed by atoms with Gasteiger partial charge in [-0.15, -0.1) is 11.8 Å². The Kier molecular flexibility index (Phi) is 6.96. The lowest BCUT2D eigenvalue weighted by molar-refractivity contribution is -0.126. The topological polar surface area (TPSA) is 40.5 Å². The molecule has 4 heteroatoms. The van der Waals surface area contributed by atoms with Crippen LogP contribution in [0.3, 0.4) is 0 Å². The van der Waals surface area contributed by atoms with E-state index in [9.17, 15) is 9.90 Å². The Morgan fingerprint density at radius 1 is 1.11 bits per heavy atom. The van der Waals surface area contributed by atoms with E-state index < -0.39 is 0 Å². The molecule has 156 valence electrons. The third-order valence-corrected chi connectivity index (χ3v) is 6.13. The molecule has 1 aliphatic heterocycles. The highest BCUT2D eigenvalue weighted by atomic mass is 32.2. The van der Waals surface area contributed by atoms with Gasteiger partial charge in [-0.25, -0.2) is 0 Å². The van der Waals surface area contributed by atoms with E-state index in [-0.39, 0.29) is 16.7 Å². The van der Waals surface area contributed by atoms with Gasteiger partial charge >= 0.3 is 0 Å². The number of amides is 1. The van der Waals surface area contributed by atoms with Crippen molar-refractivity contribution in [2.24, 2.45) is 5.92 Å². The molecule has 28 heavy (non-hydrogen) atoms. The lowest BCUT2D eigenvalue weighted by Crippen LogP contribution is -2.38. The zero-order chi connectivity index (χ0) is 21.3. The van der Waals surface area contributed by atoms with Crippen LogP contribution in [0.2, 0.25) is 0 Å². The Bertz CT molecular complexity index is 716. The molecule has 1 fully saturated rings. The first kappa shape index (κ1) is 22.9.